The van der Waals surface area contributed by atoms with Crippen molar-refractivity contribution in [2.24, 2.45) is 5.92 Å². The van der Waals surface area contributed by atoms with E-state index in [-0.39, 0.29) is 0 Å². The Bertz CT molecular complexity index is 395. The third kappa shape index (κ3) is 3.13. The van der Waals surface area contributed by atoms with E-state index in [4.69, 9.17) is 5.73 Å². The number of aryl methyl sites for hydroxylation is 1. The first-order valence-corrected chi connectivity index (χ1v) is 6.75. The first-order chi connectivity index (χ1) is 8.56. The van der Waals surface area contributed by atoms with Gasteiger partial charge in [-0.15, -0.1) is 0 Å². The summed E-state index contributed by atoms with van der Waals surface area (Å²) in [5, 5.41) is 0. The van der Waals surface area contributed by atoms with Crippen molar-refractivity contribution in [1.29, 1.82) is 0 Å². The van der Waals surface area contributed by atoms with Crippen molar-refractivity contribution in [3.8, 4) is 0 Å². The van der Waals surface area contributed by atoms with Crippen LogP contribution in [0.4, 0.5) is 11.5 Å². The lowest BCUT2D eigenvalue weighted by Gasteiger charge is -2.36. The highest BCUT2D eigenvalue weighted by molar-refractivity contribution is 5.54. The zero-order valence-electron chi connectivity index (χ0n) is 11.7. The average molecular weight is 248 g/mol. The summed E-state index contributed by atoms with van der Waals surface area (Å²) in [4.78, 5) is 9.33. The van der Waals surface area contributed by atoms with E-state index in [1.54, 1.807) is 0 Å². The van der Waals surface area contributed by atoms with E-state index < -0.39 is 0 Å². The summed E-state index contributed by atoms with van der Waals surface area (Å²) in [5.41, 5.74) is 7.83. The van der Waals surface area contributed by atoms with Crippen LogP contribution in [0.5, 0.6) is 0 Å². The van der Waals surface area contributed by atoms with Gasteiger partial charge in [-0.1, -0.05) is 13.8 Å². The summed E-state index contributed by atoms with van der Waals surface area (Å²) >= 11 is 0. The maximum Gasteiger partial charge on any atom is 0.130 e. The Kier molecular flexibility index (Phi) is 4.07. The van der Waals surface area contributed by atoms with E-state index >= 15 is 0 Å². The lowest BCUT2D eigenvalue weighted by Crippen LogP contribution is -2.47. The van der Waals surface area contributed by atoms with Gasteiger partial charge in [-0.3, -0.25) is 4.90 Å². The minimum atomic E-state index is 0.740. The number of anilines is 2. The number of hydrogen-bond acceptors (Lipinski definition) is 4. The van der Waals surface area contributed by atoms with Crippen LogP contribution in [0, 0.1) is 12.8 Å². The molecule has 0 atom stereocenters. The minimum Gasteiger partial charge on any atom is -0.398 e. The van der Waals surface area contributed by atoms with Crippen LogP contribution in [0.2, 0.25) is 0 Å². The van der Waals surface area contributed by atoms with Gasteiger partial charge in [0.2, 0.25) is 0 Å². The zero-order chi connectivity index (χ0) is 13.1. The maximum atomic E-state index is 5.94. The fourth-order valence-corrected chi connectivity index (χ4v) is 2.38. The smallest absolute Gasteiger partial charge is 0.130 e. The normalized spacial score (nSPS) is 17.4. The van der Waals surface area contributed by atoms with E-state index in [0.29, 0.717) is 0 Å². The van der Waals surface area contributed by atoms with Crippen LogP contribution in [-0.2, 0) is 0 Å². The monoisotopic (exact) mass is 248 g/mol. The Labute approximate surface area is 110 Å². The molecule has 18 heavy (non-hydrogen) atoms. The fraction of sp³-hybridized carbons (Fsp3) is 0.643. The van der Waals surface area contributed by atoms with Crippen molar-refractivity contribution < 1.29 is 0 Å². The van der Waals surface area contributed by atoms with Gasteiger partial charge in [0.25, 0.3) is 0 Å². The maximum absolute atomic E-state index is 5.94. The number of aromatic nitrogens is 1. The lowest BCUT2D eigenvalue weighted by atomic mass is 10.2. The number of nitrogen functional groups attached to an aromatic ring is 1. The van der Waals surface area contributed by atoms with Crippen molar-refractivity contribution in [3.05, 3.63) is 17.8 Å². The highest BCUT2D eigenvalue weighted by Gasteiger charge is 2.18. The molecule has 1 aliphatic heterocycles. The lowest BCUT2D eigenvalue weighted by molar-refractivity contribution is 0.231. The van der Waals surface area contributed by atoms with Gasteiger partial charge in [-0.25, -0.2) is 4.98 Å². The molecule has 0 aliphatic carbocycles. The van der Waals surface area contributed by atoms with Gasteiger partial charge in [0, 0.05) is 50.7 Å². The van der Waals surface area contributed by atoms with Crippen molar-refractivity contribution in [1.82, 2.24) is 9.88 Å². The molecule has 1 aromatic heterocycles. The van der Waals surface area contributed by atoms with E-state index in [1.165, 1.54) is 6.54 Å². The van der Waals surface area contributed by atoms with Crippen LogP contribution >= 0.6 is 0 Å². The molecule has 1 aliphatic rings. The van der Waals surface area contributed by atoms with Crippen LogP contribution in [0.15, 0.2) is 12.3 Å². The van der Waals surface area contributed by atoms with Crippen molar-refractivity contribution in [2.75, 3.05) is 43.4 Å². The number of hydrogen-bond donors (Lipinski definition) is 1. The largest absolute Gasteiger partial charge is 0.398 e. The second-order valence-corrected chi connectivity index (χ2v) is 5.58. The number of pyridine rings is 1. The molecule has 1 aromatic rings. The van der Waals surface area contributed by atoms with Gasteiger partial charge in [-0.05, 0) is 18.4 Å². The summed E-state index contributed by atoms with van der Waals surface area (Å²) in [6, 6.07) is 1.99. The molecule has 0 spiro atoms. The SMILES string of the molecule is Cc1cnc(N2CCN(CC(C)C)CC2)cc1N. The molecule has 0 radical (unpaired) electrons. The van der Waals surface area contributed by atoms with Crippen LogP contribution in [-0.4, -0.2) is 42.6 Å². The molecule has 2 N–H and O–H groups in total. The van der Waals surface area contributed by atoms with E-state index in [2.05, 4.69) is 28.6 Å². The van der Waals surface area contributed by atoms with E-state index in [0.717, 1.165) is 49.2 Å². The Morgan fingerprint density at radius 3 is 2.50 bits per heavy atom. The number of piperazine rings is 1. The molecule has 2 rings (SSSR count). The second-order valence-electron chi connectivity index (χ2n) is 5.58. The summed E-state index contributed by atoms with van der Waals surface area (Å²) < 4.78 is 0. The van der Waals surface area contributed by atoms with Gasteiger partial charge < -0.3 is 10.6 Å². The molecule has 0 saturated carbocycles. The third-order valence-corrected chi connectivity index (χ3v) is 3.45. The molecule has 0 unspecified atom stereocenters. The molecule has 0 amide bonds. The van der Waals surface area contributed by atoms with Crippen molar-refractivity contribution in [3.63, 3.8) is 0 Å². The molecule has 0 bridgehead atoms. The van der Waals surface area contributed by atoms with E-state index in [9.17, 15) is 0 Å². The molecule has 0 aromatic carbocycles. The number of rotatable bonds is 3. The Hall–Kier alpha value is -1.29. The minimum absolute atomic E-state index is 0.740. The van der Waals surface area contributed by atoms with Gasteiger partial charge in [0.1, 0.15) is 5.82 Å². The van der Waals surface area contributed by atoms with Gasteiger partial charge in [0.15, 0.2) is 0 Å². The highest BCUT2D eigenvalue weighted by atomic mass is 15.3. The van der Waals surface area contributed by atoms with Gasteiger partial charge in [0.05, 0.1) is 0 Å². The predicted octanol–water partition coefficient (Wildman–Crippen LogP) is 1.75. The molecular weight excluding hydrogens is 224 g/mol. The molecule has 1 saturated heterocycles. The van der Waals surface area contributed by atoms with Crippen LogP contribution in [0.3, 0.4) is 0 Å². The van der Waals surface area contributed by atoms with Gasteiger partial charge >= 0.3 is 0 Å². The molecule has 4 heteroatoms. The summed E-state index contributed by atoms with van der Waals surface area (Å²) in [5.74, 6) is 1.76. The fourth-order valence-electron chi connectivity index (χ4n) is 2.38. The van der Waals surface area contributed by atoms with Crippen LogP contribution in [0.1, 0.15) is 19.4 Å². The second kappa shape index (κ2) is 5.57. The van der Waals surface area contributed by atoms with Crippen LogP contribution < -0.4 is 10.6 Å². The average Bonchev–Trinajstić information content (AvgIpc) is 2.33. The quantitative estimate of drug-likeness (QED) is 0.885. The Morgan fingerprint density at radius 1 is 1.28 bits per heavy atom. The Morgan fingerprint density at radius 2 is 1.94 bits per heavy atom. The summed E-state index contributed by atoms with van der Waals surface area (Å²) in [6.07, 6.45) is 1.87. The summed E-state index contributed by atoms with van der Waals surface area (Å²) in [7, 11) is 0. The number of nitrogens with two attached hydrogens (primary N) is 1. The van der Waals surface area contributed by atoms with Crippen LogP contribution in [0.25, 0.3) is 0 Å². The third-order valence-electron chi connectivity index (χ3n) is 3.45. The van der Waals surface area contributed by atoms with Crippen molar-refractivity contribution in [2.45, 2.75) is 20.8 Å². The molecule has 100 valence electrons. The molecule has 4 nitrogen and oxygen atoms in total. The Balaban J connectivity index is 1.94. The zero-order valence-corrected chi connectivity index (χ0v) is 11.7. The van der Waals surface area contributed by atoms with Gasteiger partial charge in [-0.2, -0.15) is 0 Å². The predicted molar refractivity (Wildman–Crippen MR) is 76.9 cm³/mol. The molecular formula is C14H24N4. The standard InChI is InChI=1S/C14H24N4/c1-11(2)10-17-4-6-18(7-5-17)14-8-13(15)12(3)9-16-14/h8-9,11H,4-7,10H2,1-3H3,(H2,15,16). The highest BCUT2D eigenvalue weighted by Crippen LogP contribution is 2.19. The topological polar surface area (TPSA) is 45.4 Å². The molecule has 2 heterocycles. The molecule has 1 fully saturated rings. The van der Waals surface area contributed by atoms with E-state index in [1.807, 2.05) is 19.2 Å². The van der Waals surface area contributed by atoms with Crippen molar-refractivity contribution >= 4 is 11.5 Å². The summed E-state index contributed by atoms with van der Waals surface area (Å²) in [6.45, 7) is 12.1. The first kappa shape index (κ1) is 13.1. The number of nitrogens with zero attached hydrogens (tertiary/aromatic N) is 3. The first-order valence-electron chi connectivity index (χ1n) is 6.75.